The van der Waals surface area contributed by atoms with Crippen molar-refractivity contribution in [2.75, 3.05) is 5.43 Å². The predicted octanol–water partition coefficient (Wildman–Crippen LogP) is 1.02. The molecule has 0 saturated heterocycles. The van der Waals surface area contributed by atoms with Gasteiger partial charge in [0.25, 0.3) is 0 Å². The molecule has 0 bridgehead atoms. The van der Waals surface area contributed by atoms with Crippen LogP contribution >= 0.6 is 12.2 Å². The van der Waals surface area contributed by atoms with Crippen LogP contribution in [0.4, 0.5) is 5.69 Å². The first-order valence-electron chi connectivity index (χ1n) is 4.07. The van der Waals surface area contributed by atoms with Crippen molar-refractivity contribution in [2.45, 2.75) is 6.92 Å². The number of hydrogen-bond donors (Lipinski definition) is 3. The summed E-state index contributed by atoms with van der Waals surface area (Å²) in [4.78, 5) is 10.6. The van der Waals surface area contributed by atoms with E-state index in [0.717, 1.165) is 5.69 Å². The zero-order valence-electron chi connectivity index (χ0n) is 7.70. The number of carbonyl (C=O) groups excluding carboxylic acids is 1. The molecule has 1 rings (SSSR count). The predicted molar refractivity (Wildman–Crippen MR) is 59.6 cm³/mol. The number of hydrogen-bond acceptors (Lipinski definition) is 3. The van der Waals surface area contributed by atoms with Crippen LogP contribution in [-0.2, 0) is 4.79 Å². The first-order chi connectivity index (χ1) is 6.68. The van der Waals surface area contributed by atoms with E-state index in [4.69, 9.17) is 12.2 Å². The highest BCUT2D eigenvalue weighted by Crippen LogP contribution is 2.01. The minimum absolute atomic E-state index is 0.197. The lowest BCUT2D eigenvalue weighted by atomic mass is 10.3. The summed E-state index contributed by atoms with van der Waals surface area (Å²) in [6.07, 6.45) is 0. The molecule has 4 nitrogen and oxygen atoms in total. The molecule has 3 N–H and O–H groups in total. The van der Waals surface area contributed by atoms with Crippen molar-refractivity contribution >= 4 is 28.9 Å². The number of nitrogens with one attached hydrogen (secondary N) is 3. The number of para-hydroxylation sites is 1. The number of amides is 1. The van der Waals surface area contributed by atoms with Crippen LogP contribution in [0.3, 0.4) is 0 Å². The van der Waals surface area contributed by atoms with E-state index < -0.39 is 0 Å². The first kappa shape index (κ1) is 10.5. The molecule has 0 heterocycles. The second kappa shape index (κ2) is 5.18. The van der Waals surface area contributed by atoms with E-state index in [1.807, 2.05) is 30.3 Å². The molecule has 1 aromatic rings. The third kappa shape index (κ3) is 3.86. The Hall–Kier alpha value is -1.62. The molecular weight excluding hydrogens is 198 g/mol. The molecule has 0 spiro atoms. The van der Waals surface area contributed by atoms with Crippen molar-refractivity contribution in [1.82, 2.24) is 10.7 Å². The zero-order chi connectivity index (χ0) is 10.4. The fourth-order valence-corrected chi connectivity index (χ4v) is 1.04. The Bertz CT molecular complexity index is 326. The van der Waals surface area contributed by atoms with Gasteiger partial charge >= 0.3 is 0 Å². The van der Waals surface area contributed by atoms with Crippen LogP contribution in [-0.4, -0.2) is 11.0 Å². The van der Waals surface area contributed by atoms with Gasteiger partial charge in [0.15, 0.2) is 5.11 Å². The monoisotopic (exact) mass is 209 g/mol. The molecule has 0 fully saturated rings. The van der Waals surface area contributed by atoms with Crippen molar-refractivity contribution in [3.05, 3.63) is 30.3 Å². The summed E-state index contributed by atoms with van der Waals surface area (Å²) in [5, 5.41) is 2.68. The van der Waals surface area contributed by atoms with E-state index in [-0.39, 0.29) is 11.0 Å². The second-order valence-electron chi connectivity index (χ2n) is 2.63. The van der Waals surface area contributed by atoms with E-state index in [9.17, 15) is 4.79 Å². The minimum atomic E-state index is -0.197. The maximum atomic E-state index is 10.6. The SMILES string of the molecule is CC(=O)NC(=S)NNc1ccccc1. The Kier molecular flexibility index (Phi) is 3.87. The fraction of sp³-hybridized carbons (Fsp3) is 0.111. The summed E-state index contributed by atoms with van der Waals surface area (Å²) in [7, 11) is 0. The number of rotatable bonds is 2. The normalized spacial score (nSPS) is 8.93. The molecule has 1 aromatic carbocycles. The minimum Gasteiger partial charge on any atom is -0.302 e. The molecule has 0 aliphatic rings. The highest BCUT2D eigenvalue weighted by molar-refractivity contribution is 7.80. The van der Waals surface area contributed by atoms with Crippen LogP contribution < -0.4 is 16.2 Å². The van der Waals surface area contributed by atoms with Crippen molar-refractivity contribution in [2.24, 2.45) is 0 Å². The smallest absolute Gasteiger partial charge is 0.223 e. The molecule has 5 heteroatoms. The van der Waals surface area contributed by atoms with Crippen LogP contribution in [0.15, 0.2) is 30.3 Å². The van der Waals surface area contributed by atoms with Gasteiger partial charge in [-0.2, -0.15) is 0 Å². The van der Waals surface area contributed by atoms with Gasteiger partial charge in [-0.3, -0.25) is 15.6 Å². The Balaban J connectivity index is 2.34. The summed E-state index contributed by atoms with van der Waals surface area (Å²) in [6, 6.07) is 9.46. The van der Waals surface area contributed by atoms with Crippen LogP contribution in [0.5, 0.6) is 0 Å². The molecule has 0 aliphatic carbocycles. The van der Waals surface area contributed by atoms with Gasteiger partial charge in [-0.05, 0) is 24.4 Å². The van der Waals surface area contributed by atoms with Gasteiger partial charge in [-0.25, -0.2) is 0 Å². The molecule has 0 aliphatic heterocycles. The first-order valence-corrected chi connectivity index (χ1v) is 4.48. The maximum Gasteiger partial charge on any atom is 0.223 e. The van der Waals surface area contributed by atoms with Gasteiger partial charge in [0.05, 0.1) is 5.69 Å². The van der Waals surface area contributed by atoms with Gasteiger partial charge in [0, 0.05) is 6.92 Å². The largest absolute Gasteiger partial charge is 0.302 e. The highest BCUT2D eigenvalue weighted by Gasteiger charge is 1.96. The lowest BCUT2D eigenvalue weighted by Crippen LogP contribution is -2.40. The summed E-state index contributed by atoms with van der Waals surface area (Å²) in [6.45, 7) is 1.40. The summed E-state index contributed by atoms with van der Waals surface area (Å²) < 4.78 is 0. The average Bonchev–Trinajstić information content (AvgIpc) is 2.15. The lowest BCUT2D eigenvalue weighted by molar-refractivity contribution is -0.117. The van der Waals surface area contributed by atoms with E-state index in [2.05, 4.69) is 16.2 Å². The molecule has 0 unspecified atom stereocenters. The Morgan fingerprint density at radius 1 is 1.29 bits per heavy atom. The summed E-state index contributed by atoms with van der Waals surface area (Å²) in [5.41, 5.74) is 6.40. The van der Waals surface area contributed by atoms with Crippen LogP contribution in [0.25, 0.3) is 0 Å². The highest BCUT2D eigenvalue weighted by atomic mass is 32.1. The molecule has 74 valence electrons. The van der Waals surface area contributed by atoms with Crippen molar-refractivity contribution in [3.63, 3.8) is 0 Å². The van der Waals surface area contributed by atoms with Gasteiger partial charge < -0.3 is 5.32 Å². The van der Waals surface area contributed by atoms with Crippen molar-refractivity contribution < 1.29 is 4.79 Å². The molecule has 14 heavy (non-hydrogen) atoms. The number of benzene rings is 1. The van der Waals surface area contributed by atoms with Gasteiger partial charge in [0.2, 0.25) is 5.91 Å². The van der Waals surface area contributed by atoms with E-state index in [0.29, 0.717) is 0 Å². The molecule has 0 atom stereocenters. The number of hydrazine groups is 1. The lowest BCUT2D eigenvalue weighted by Gasteiger charge is -2.09. The quantitative estimate of drug-likeness (QED) is 0.503. The maximum absolute atomic E-state index is 10.6. The molecule has 0 aromatic heterocycles. The fourth-order valence-electron chi connectivity index (χ4n) is 0.842. The van der Waals surface area contributed by atoms with Crippen molar-refractivity contribution in [3.8, 4) is 0 Å². The molecular formula is C9H11N3OS. The number of anilines is 1. The third-order valence-corrected chi connectivity index (χ3v) is 1.59. The average molecular weight is 209 g/mol. The summed E-state index contributed by atoms with van der Waals surface area (Å²) in [5.74, 6) is -0.197. The molecule has 1 amide bonds. The Morgan fingerprint density at radius 3 is 2.50 bits per heavy atom. The standard InChI is InChI=1S/C9H11N3OS/c1-7(13)10-9(14)12-11-8-5-3-2-4-6-8/h2-6,11H,1H3,(H2,10,12,13,14). The van der Waals surface area contributed by atoms with Crippen LogP contribution in [0, 0.1) is 0 Å². The Labute approximate surface area is 87.7 Å². The van der Waals surface area contributed by atoms with Crippen molar-refractivity contribution in [1.29, 1.82) is 0 Å². The van der Waals surface area contributed by atoms with Crippen LogP contribution in [0.2, 0.25) is 0 Å². The van der Waals surface area contributed by atoms with Crippen LogP contribution in [0.1, 0.15) is 6.92 Å². The van der Waals surface area contributed by atoms with Gasteiger partial charge in [-0.1, -0.05) is 18.2 Å². The number of thiocarbonyl (C=S) groups is 1. The molecule has 0 saturated carbocycles. The van der Waals surface area contributed by atoms with Gasteiger partial charge in [-0.15, -0.1) is 0 Å². The van der Waals surface area contributed by atoms with E-state index in [1.165, 1.54) is 6.92 Å². The topological polar surface area (TPSA) is 53.2 Å². The second-order valence-corrected chi connectivity index (χ2v) is 3.03. The zero-order valence-corrected chi connectivity index (χ0v) is 8.52. The van der Waals surface area contributed by atoms with E-state index >= 15 is 0 Å². The Morgan fingerprint density at radius 2 is 1.93 bits per heavy atom. The summed E-state index contributed by atoms with van der Waals surface area (Å²) >= 11 is 4.82. The van der Waals surface area contributed by atoms with Gasteiger partial charge in [0.1, 0.15) is 0 Å². The number of carbonyl (C=O) groups is 1. The van der Waals surface area contributed by atoms with E-state index in [1.54, 1.807) is 0 Å². The third-order valence-electron chi connectivity index (χ3n) is 1.38. The molecule has 0 radical (unpaired) electrons.